The van der Waals surface area contributed by atoms with Gasteiger partial charge in [-0.05, 0) is 55.7 Å². The van der Waals surface area contributed by atoms with Gasteiger partial charge in [0.25, 0.3) is 5.91 Å². The molecule has 0 saturated carbocycles. The highest BCUT2D eigenvalue weighted by Gasteiger charge is 2.21. The summed E-state index contributed by atoms with van der Waals surface area (Å²) in [5, 5.41) is 11.6. The van der Waals surface area contributed by atoms with Gasteiger partial charge in [-0.25, -0.2) is 9.79 Å². The molecule has 1 fully saturated rings. The van der Waals surface area contributed by atoms with Crippen LogP contribution in [-0.2, 0) is 4.74 Å². The van der Waals surface area contributed by atoms with Crippen LogP contribution in [0.1, 0.15) is 40.7 Å². The summed E-state index contributed by atoms with van der Waals surface area (Å²) < 4.78 is 9.66. The number of methoxy groups -OCH3 is 1. The molecule has 2 heterocycles. The van der Waals surface area contributed by atoms with Gasteiger partial charge >= 0.3 is 6.16 Å². The lowest BCUT2D eigenvalue weighted by atomic mass is 10.0. The van der Waals surface area contributed by atoms with Gasteiger partial charge in [0.2, 0.25) is 0 Å². The number of piperidine rings is 1. The fourth-order valence-corrected chi connectivity index (χ4v) is 4.55. The molecule has 8 nitrogen and oxygen atoms in total. The van der Waals surface area contributed by atoms with E-state index in [-0.39, 0.29) is 17.5 Å². The van der Waals surface area contributed by atoms with E-state index < -0.39 is 6.16 Å². The van der Waals surface area contributed by atoms with E-state index in [0.717, 1.165) is 31.5 Å². The Bertz CT molecular complexity index is 1450. The number of rotatable bonds is 5. The van der Waals surface area contributed by atoms with Gasteiger partial charge in [0.05, 0.1) is 29.6 Å². The standard InChI is InChI=1S/C29H27N3O5/c1-36-29(35)37-22-14-15-23-24(18-22)31-27(33)25(23)26(19-8-4-2-5-9-19)30-21-12-10-20(11-13-21)28(34)32-16-6-3-7-17-32/h2,4-5,8-15,18,31,33H,3,6-7,16-17H2,1H3. The topological polar surface area (TPSA) is 104 Å². The lowest BCUT2D eigenvalue weighted by molar-refractivity contribution is 0.0724. The van der Waals surface area contributed by atoms with Crippen molar-refractivity contribution in [1.82, 2.24) is 9.88 Å². The maximum atomic E-state index is 12.9. The molecule has 1 amide bonds. The molecule has 5 rings (SSSR count). The molecule has 37 heavy (non-hydrogen) atoms. The summed E-state index contributed by atoms with van der Waals surface area (Å²) in [5.41, 5.74) is 3.73. The zero-order valence-electron chi connectivity index (χ0n) is 20.4. The number of aromatic amines is 1. The smallest absolute Gasteiger partial charge is 0.494 e. The fourth-order valence-electron chi connectivity index (χ4n) is 4.55. The molecule has 3 aromatic carbocycles. The number of hydrogen-bond donors (Lipinski definition) is 2. The summed E-state index contributed by atoms with van der Waals surface area (Å²) in [7, 11) is 1.23. The summed E-state index contributed by atoms with van der Waals surface area (Å²) in [4.78, 5) is 34.1. The third kappa shape index (κ3) is 5.18. The Hall–Kier alpha value is -4.59. The second-order valence-corrected chi connectivity index (χ2v) is 8.84. The SMILES string of the molecule is COC(=O)Oc1ccc2c(C(=Nc3ccc(C(=O)N4CCCCC4)cc3)c3ccccc3)c(O)[nH]c2c1. The summed E-state index contributed by atoms with van der Waals surface area (Å²) in [5.74, 6) is 0.252. The van der Waals surface area contributed by atoms with Crippen LogP contribution in [0.2, 0.25) is 0 Å². The molecule has 4 aromatic rings. The van der Waals surface area contributed by atoms with Crippen LogP contribution in [0.5, 0.6) is 11.6 Å². The van der Waals surface area contributed by atoms with Crippen molar-refractivity contribution >= 4 is 34.4 Å². The van der Waals surface area contributed by atoms with Crippen molar-refractivity contribution < 1.29 is 24.2 Å². The fraction of sp³-hybridized carbons (Fsp3) is 0.207. The number of hydrogen-bond acceptors (Lipinski definition) is 6. The molecule has 188 valence electrons. The molecule has 0 bridgehead atoms. The first-order chi connectivity index (χ1) is 18.0. The highest BCUT2D eigenvalue weighted by molar-refractivity contribution is 6.22. The van der Waals surface area contributed by atoms with Crippen LogP contribution in [0.4, 0.5) is 10.5 Å². The lowest BCUT2D eigenvalue weighted by Gasteiger charge is -2.26. The quantitative estimate of drug-likeness (QED) is 0.206. The van der Waals surface area contributed by atoms with Crippen LogP contribution in [-0.4, -0.2) is 53.0 Å². The summed E-state index contributed by atoms with van der Waals surface area (Å²) in [6.45, 7) is 1.59. The van der Waals surface area contributed by atoms with Crippen LogP contribution in [0.25, 0.3) is 10.9 Å². The average Bonchev–Trinajstić information content (AvgIpc) is 3.27. The zero-order chi connectivity index (χ0) is 25.8. The van der Waals surface area contributed by atoms with Gasteiger partial charge in [-0.3, -0.25) is 4.79 Å². The van der Waals surface area contributed by atoms with Crippen molar-refractivity contribution in [3.05, 3.63) is 89.5 Å². The van der Waals surface area contributed by atoms with Crippen molar-refractivity contribution in [1.29, 1.82) is 0 Å². The maximum Gasteiger partial charge on any atom is 0.513 e. The Morgan fingerprint density at radius 3 is 2.35 bits per heavy atom. The van der Waals surface area contributed by atoms with E-state index in [0.29, 0.717) is 33.4 Å². The average molecular weight is 498 g/mol. The molecule has 0 atom stereocenters. The van der Waals surface area contributed by atoms with Crippen LogP contribution in [0.3, 0.4) is 0 Å². The van der Waals surface area contributed by atoms with E-state index in [9.17, 15) is 14.7 Å². The Labute approximate surface area is 214 Å². The number of likely N-dealkylation sites (tertiary alicyclic amines) is 1. The predicted molar refractivity (Wildman–Crippen MR) is 141 cm³/mol. The number of H-pyrrole nitrogens is 1. The van der Waals surface area contributed by atoms with Crippen LogP contribution in [0.15, 0.2) is 77.8 Å². The normalized spacial score (nSPS) is 14.0. The number of nitrogens with one attached hydrogen (secondary N) is 1. The zero-order valence-corrected chi connectivity index (χ0v) is 20.4. The molecule has 2 N–H and O–H groups in total. The number of aromatic hydroxyl groups is 1. The molecule has 0 spiro atoms. The monoisotopic (exact) mass is 497 g/mol. The molecule has 0 aliphatic carbocycles. The van der Waals surface area contributed by atoms with E-state index in [4.69, 9.17) is 9.73 Å². The minimum atomic E-state index is -0.830. The highest BCUT2D eigenvalue weighted by atomic mass is 16.7. The third-order valence-electron chi connectivity index (χ3n) is 6.40. The number of nitrogens with zero attached hydrogens (tertiary/aromatic N) is 2. The Morgan fingerprint density at radius 2 is 1.65 bits per heavy atom. The molecule has 8 heteroatoms. The van der Waals surface area contributed by atoms with Gasteiger partial charge in [0.1, 0.15) is 5.75 Å². The van der Waals surface area contributed by atoms with E-state index in [1.165, 1.54) is 13.5 Å². The molecular formula is C29H27N3O5. The van der Waals surface area contributed by atoms with Crippen LogP contribution >= 0.6 is 0 Å². The van der Waals surface area contributed by atoms with E-state index in [1.54, 1.807) is 30.3 Å². The first-order valence-corrected chi connectivity index (χ1v) is 12.2. The Morgan fingerprint density at radius 1 is 0.919 bits per heavy atom. The van der Waals surface area contributed by atoms with Gasteiger partial charge < -0.3 is 24.5 Å². The number of carbonyl (C=O) groups excluding carboxylic acids is 2. The predicted octanol–water partition coefficient (Wildman–Crippen LogP) is 5.81. The number of benzene rings is 3. The van der Waals surface area contributed by atoms with E-state index >= 15 is 0 Å². The first kappa shape index (κ1) is 24.1. The lowest BCUT2D eigenvalue weighted by Crippen LogP contribution is -2.35. The minimum absolute atomic E-state index is 0.0396. The first-order valence-electron chi connectivity index (χ1n) is 12.2. The Balaban J connectivity index is 1.53. The van der Waals surface area contributed by atoms with Crippen LogP contribution < -0.4 is 4.74 Å². The number of fused-ring (bicyclic) bond motifs is 1. The van der Waals surface area contributed by atoms with Gasteiger partial charge in [0, 0.05) is 35.7 Å². The number of aromatic nitrogens is 1. The van der Waals surface area contributed by atoms with Crippen molar-refractivity contribution in [2.24, 2.45) is 4.99 Å². The van der Waals surface area contributed by atoms with Gasteiger partial charge in [-0.2, -0.15) is 0 Å². The number of amides is 1. The minimum Gasteiger partial charge on any atom is -0.494 e. The molecule has 1 aliphatic heterocycles. The molecule has 1 aromatic heterocycles. The van der Waals surface area contributed by atoms with Gasteiger partial charge in [0.15, 0.2) is 5.88 Å². The second-order valence-electron chi connectivity index (χ2n) is 8.84. The molecule has 0 unspecified atom stereocenters. The summed E-state index contributed by atoms with van der Waals surface area (Å²) >= 11 is 0. The Kier molecular flexibility index (Phi) is 6.89. The van der Waals surface area contributed by atoms with Gasteiger partial charge in [-0.1, -0.05) is 30.3 Å². The van der Waals surface area contributed by atoms with Crippen molar-refractivity contribution in [2.45, 2.75) is 19.3 Å². The number of carbonyl (C=O) groups is 2. The molecule has 1 saturated heterocycles. The molecule has 1 aliphatic rings. The van der Waals surface area contributed by atoms with Gasteiger partial charge in [-0.15, -0.1) is 0 Å². The molecular weight excluding hydrogens is 470 g/mol. The molecule has 0 radical (unpaired) electrons. The van der Waals surface area contributed by atoms with E-state index in [2.05, 4.69) is 9.72 Å². The van der Waals surface area contributed by atoms with Crippen LogP contribution in [0, 0.1) is 0 Å². The number of ether oxygens (including phenoxy) is 2. The van der Waals surface area contributed by atoms with E-state index in [1.807, 2.05) is 47.4 Å². The summed E-state index contributed by atoms with van der Waals surface area (Å²) in [6, 6.07) is 21.7. The summed E-state index contributed by atoms with van der Waals surface area (Å²) in [6.07, 6.45) is 2.42. The highest BCUT2D eigenvalue weighted by Crippen LogP contribution is 2.33. The maximum absolute atomic E-state index is 12.9. The second kappa shape index (κ2) is 10.6. The number of aliphatic imine (C=N–C) groups is 1. The largest absolute Gasteiger partial charge is 0.513 e. The third-order valence-corrected chi connectivity index (χ3v) is 6.40. The van der Waals surface area contributed by atoms with Crippen molar-refractivity contribution in [3.8, 4) is 11.6 Å². The van der Waals surface area contributed by atoms with Crippen molar-refractivity contribution in [2.75, 3.05) is 20.2 Å². The van der Waals surface area contributed by atoms with Crippen molar-refractivity contribution in [3.63, 3.8) is 0 Å².